The maximum Gasteiger partial charge on any atom is 0.573 e. The summed E-state index contributed by atoms with van der Waals surface area (Å²) in [5.74, 6) is -1.62. The molecule has 0 spiro atoms. The smallest absolute Gasteiger partial charge is 0.405 e. The molecule has 3 nitrogen and oxygen atoms in total. The molecule has 19 heavy (non-hydrogen) atoms. The first-order valence-corrected chi connectivity index (χ1v) is 5.31. The molecule has 104 valence electrons. The average molecular weight is 301 g/mol. The molecule has 1 heterocycles. The number of aromatic nitrogens is 1. The number of rotatable bonds is 4. The van der Waals surface area contributed by atoms with E-state index in [0.717, 1.165) is 0 Å². The summed E-state index contributed by atoms with van der Waals surface area (Å²) in [4.78, 5) is 3.52. The van der Waals surface area contributed by atoms with Crippen molar-refractivity contribution in [2.75, 3.05) is 0 Å². The van der Waals surface area contributed by atoms with Gasteiger partial charge in [0.05, 0.1) is 29.6 Å². The van der Waals surface area contributed by atoms with Gasteiger partial charge < -0.3 is 4.74 Å². The van der Waals surface area contributed by atoms with E-state index in [-0.39, 0.29) is 17.7 Å². The third-order valence-electron chi connectivity index (χ3n) is 2.08. The maximum absolute atomic E-state index is 12.6. The Labute approximate surface area is 109 Å². The first-order valence-electron chi connectivity index (χ1n) is 4.77. The van der Waals surface area contributed by atoms with Crippen LogP contribution in [0.4, 0.5) is 22.0 Å². The predicted octanol–water partition coefficient (Wildman–Crippen LogP) is 3.72. The molecular formula is C10H6ClF5N2O. The lowest BCUT2D eigenvalue weighted by Gasteiger charge is -2.17. The highest BCUT2D eigenvalue weighted by atomic mass is 35.5. The van der Waals surface area contributed by atoms with Gasteiger partial charge in [-0.05, 0) is 0 Å². The van der Waals surface area contributed by atoms with Crippen molar-refractivity contribution in [2.24, 2.45) is 0 Å². The van der Waals surface area contributed by atoms with Crippen molar-refractivity contribution < 1.29 is 26.7 Å². The zero-order chi connectivity index (χ0) is 14.6. The minimum atomic E-state index is -5.14. The fraction of sp³-hybridized carbons (Fsp3) is 0.400. The van der Waals surface area contributed by atoms with Crippen LogP contribution in [-0.4, -0.2) is 11.3 Å². The molecule has 0 aliphatic rings. The number of nitriles is 1. The maximum atomic E-state index is 12.6. The van der Waals surface area contributed by atoms with Crippen molar-refractivity contribution in [3.05, 3.63) is 23.0 Å². The molecule has 1 aromatic rings. The van der Waals surface area contributed by atoms with E-state index in [1.165, 1.54) is 0 Å². The van der Waals surface area contributed by atoms with Crippen molar-refractivity contribution in [1.29, 1.82) is 5.26 Å². The molecule has 0 atom stereocenters. The Morgan fingerprint density at radius 2 is 2.05 bits per heavy atom. The summed E-state index contributed by atoms with van der Waals surface area (Å²) in [5, 5.41) is 8.50. The Morgan fingerprint density at radius 1 is 1.42 bits per heavy atom. The number of ether oxygens (including phenoxy) is 1. The van der Waals surface area contributed by atoms with Gasteiger partial charge in [0.1, 0.15) is 5.75 Å². The summed E-state index contributed by atoms with van der Waals surface area (Å²) >= 11 is 5.44. The van der Waals surface area contributed by atoms with E-state index >= 15 is 0 Å². The fourth-order valence-corrected chi connectivity index (χ4v) is 1.62. The van der Waals surface area contributed by atoms with Crippen LogP contribution in [0.1, 0.15) is 23.2 Å². The van der Waals surface area contributed by atoms with E-state index in [9.17, 15) is 22.0 Å². The van der Waals surface area contributed by atoms with E-state index < -0.39 is 30.0 Å². The predicted molar refractivity (Wildman–Crippen MR) is 54.8 cm³/mol. The molecule has 0 radical (unpaired) electrons. The van der Waals surface area contributed by atoms with Crippen LogP contribution in [0.25, 0.3) is 0 Å². The molecule has 9 heteroatoms. The van der Waals surface area contributed by atoms with E-state index in [1.54, 1.807) is 6.07 Å². The summed E-state index contributed by atoms with van der Waals surface area (Å²) in [5.41, 5.74) is -1.51. The first kappa shape index (κ1) is 15.4. The third kappa shape index (κ3) is 3.92. The van der Waals surface area contributed by atoms with Crippen molar-refractivity contribution in [2.45, 2.75) is 25.1 Å². The molecule has 0 amide bonds. The van der Waals surface area contributed by atoms with Crippen LogP contribution in [0, 0.1) is 11.3 Å². The van der Waals surface area contributed by atoms with Gasteiger partial charge in [0.15, 0.2) is 0 Å². The molecule has 1 aromatic heterocycles. The number of alkyl halides is 6. The van der Waals surface area contributed by atoms with Gasteiger partial charge >= 0.3 is 6.36 Å². The Morgan fingerprint density at radius 3 is 2.47 bits per heavy atom. The zero-order valence-electron chi connectivity index (χ0n) is 9.14. The molecule has 0 N–H and O–H groups in total. The summed E-state index contributed by atoms with van der Waals surface area (Å²) in [6, 6.07) is 1.65. The van der Waals surface area contributed by atoms with Crippen LogP contribution in [0.15, 0.2) is 6.20 Å². The van der Waals surface area contributed by atoms with E-state index in [4.69, 9.17) is 16.9 Å². The molecule has 0 unspecified atom stereocenters. The summed E-state index contributed by atoms with van der Waals surface area (Å²) < 4.78 is 65.5. The minimum Gasteiger partial charge on any atom is -0.405 e. The topological polar surface area (TPSA) is 45.9 Å². The van der Waals surface area contributed by atoms with Crippen LogP contribution in [0.3, 0.4) is 0 Å². The Hall–Kier alpha value is -1.62. The number of hydrogen-bond acceptors (Lipinski definition) is 3. The lowest BCUT2D eigenvalue weighted by molar-refractivity contribution is -0.275. The standard InChI is InChI=1S/C10H6ClF5N2O/c11-3-5-7(1-2-17)18-4-6(9(12)13)8(5)19-10(14,15)16/h4,9H,1,3H2. The van der Waals surface area contributed by atoms with Crippen LogP contribution < -0.4 is 4.74 Å². The molecule has 0 aliphatic heterocycles. The number of pyridine rings is 1. The zero-order valence-corrected chi connectivity index (χ0v) is 9.90. The van der Waals surface area contributed by atoms with Crippen molar-refractivity contribution in [1.82, 2.24) is 4.98 Å². The largest absolute Gasteiger partial charge is 0.573 e. The van der Waals surface area contributed by atoms with Crippen molar-refractivity contribution >= 4 is 11.6 Å². The van der Waals surface area contributed by atoms with Gasteiger partial charge in [-0.2, -0.15) is 5.26 Å². The lowest BCUT2D eigenvalue weighted by Crippen LogP contribution is -2.20. The van der Waals surface area contributed by atoms with Gasteiger partial charge in [0.2, 0.25) is 0 Å². The number of hydrogen-bond donors (Lipinski definition) is 0. The van der Waals surface area contributed by atoms with Gasteiger partial charge in [0, 0.05) is 11.8 Å². The lowest BCUT2D eigenvalue weighted by atomic mass is 10.1. The van der Waals surface area contributed by atoms with Crippen LogP contribution in [0.5, 0.6) is 5.75 Å². The second-order valence-corrected chi connectivity index (χ2v) is 3.55. The van der Waals surface area contributed by atoms with Gasteiger partial charge in [-0.25, -0.2) is 8.78 Å². The molecule has 0 aliphatic carbocycles. The van der Waals surface area contributed by atoms with Gasteiger partial charge in [-0.1, -0.05) is 0 Å². The number of halogens is 6. The molecule has 0 saturated carbocycles. The summed E-state index contributed by atoms with van der Waals surface area (Å²) in [7, 11) is 0. The molecule has 0 fully saturated rings. The average Bonchev–Trinajstić information content (AvgIpc) is 2.27. The Balaban J connectivity index is 3.42. The second kappa shape index (κ2) is 6.02. The molecule has 0 saturated heterocycles. The SMILES string of the molecule is N#CCc1ncc(C(F)F)c(OC(F)(F)F)c1CCl. The third-order valence-corrected chi connectivity index (χ3v) is 2.34. The number of nitrogens with zero attached hydrogens (tertiary/aromatic N) is 2. The second-order valence-electron chi connectivity index (χ2n) is 3.28. The Kier molecular flexibility index (Phi) is 4.89. The first-order chi connectivity index (χ1) is 8.80. The van der Waals surface area contributed by atoms with Crippen molar-refractivity contribution in [3.63, 3.8) is 0 Å². The van der Waals surface area contributed by atoms with Crippen molar-refractivity contribution in [3.8, 4) is 11.8 Å². The molecule has 0 bridgehead atoms. The van der Waals surface area contributed by atoms with E-state index in [1.807, 2.05) is 0 Å². The minimum absolute atomic E-state index is 0.124. The van der Waals surface area contributed by atoms with Gasteiger partial charge in [-0.15, -0.1) is 24.8 Å². The van der Waals surface area contributed by atoms with E-state index in [2.05, 4.69) is 9.72 Å². The van der Waals surface area contributed by atoms with Gasteiger partial charge in [0.25, 0.3) is 6.43 Å². The summed E-state index contributed by atoms with van der Waals surface area (Å²) in [6.07, 6.45) is -8.16. The van der Waals surface area contributed by atoms with Gasteiger partial charge in [-0.3, -0.25) is 4.98 Å². The highest BCUT2D eigenvalue weighted by Gasteiger charge is 2.35. The molecule has 0 aromatic carbocycles. The molecule has 1 rings (SSSR count). The quantitative estimate of drug-likeness (QED) is 0.629. The van der Waals surface area contributed by atoms with Crippen LogP contribution >= 0.6 is 11.6 Å². The monoisotopic (exact) mass is 300 g/mol. The molecular weight excluding hydrogens is 295 g/mol. The normalized spacial score (nSPS) is 11.5. The highest BCUT2D eigenvalue weighted by Crippen LogP contribution is 2.37. The summed E-state index contributed by atoms with van der Waals surface area (Å²) in [6.45, 7) is 0. The fourth-order valence-electron chi connectivity index (χ4n) is 1.35. The van der Waals surface area contributed by atoms with E-state index in [0.29, 0.717) is 6.20 Å². The van der Waals surface area contributed by atoms with Crippen LogP contribution in [-0.2, 0) is 12.3 Å². The van der Waals surface area contributed by atoms with Crippen LogP contribution in [0.2, 0.25) is 0 Å². The highest BCUT2D eigenvalue weighted by molar-refractivity contribution is 6.17. The Bertz CT molecular complexity index is 498.